The number of rotatable bonds is 7. The topological polar surface area (TPSA) is 82.6 Å². The van der Waals surface area contributed by atoms with Crippen LogP contribution in [0.25, 0.3) is 28.1 Å². The van der Waals surface area contributed by atoms with E-state index < -0.39 is 5.97 Å². The average molecular weight is 529 g/mol. The maximum atomic E-state index is 13.2. The van der Waals surface area contributed by atoms with Crippen molar-refractivity contribution < 1.29 is 19.4 Å². The third kappa shape index (κ3) is 5.03. The Balaban J connectivity index is 1.38. The fraction of sp³-hybridized carbons (Fsp3) is 0.138. The summed E-state index contributed by atoms with van der Waals surface area (Å²) >= 11 is 6.79. The minimum absolute atomic E-state index is 0.126. The quantitative estimate of drug-likeness (QED) is 0.217. The summed E-state index contributed by atoms with van der Waals surface area (Å²) in [4.78, 5) is 29.7. The number of fused-ring (bicyclic) bond motifs is 1. The molecule has 0 bridgehead atoms. The van der Waals surface area contributed by atoms with Crippen molar-refractivity contribution in [3.8, 4) is 16.9 Å². The standard InChI is InChI=1S/C29H24N2O4S2/c1-17-13-22(16-21-9-11-30-26(17)21)23-14-19(5-8-24(23)35-2)15-25-27(32)31(29(36)37-25)12-10-18-3-6-20(7-4-18)28(33)34/h3-9,11,13-16,30H,10,12H2,1-2H3,(H,33,34)/b25-15-. The molecule has 1 aliphatic heterocycles. The highest BCUT2D eigenvalue weighted by atomic mass is 32.2. The third-order valence-corrected chi connectivity index (χ3v) is 7.77. The van der Waals surface area contributed by atoms with Crippen molar-refractivity contribution in [3.05, 3.63) is 94.0 Å². The number of methoxy groups -OCH3 is 1. The number of hydrogen-bond acceptors (Lipinski definition) is 5. The number of benzene rings is 3. The minimum Gasteiger partial charge on any atom is -0.496 e. The molecule has 1 aliphatic rings. The van der Waals surface area contributed by atoms with Crippen molar-refractivity contribution >= 4 is 57.2 Å². The fourth-order valence-corrected chi connectivity index (χ4v) is 5.76. The molecule has 2 heterocycles. The fourth-order valence-electron chi connectivity index (χ4n) is 4.45. The molecular formula is C29H24N2O4S2. The Morgan fingerprint density at radius 3 is 2.65 bits per heavy atom. The van der Waals surface area contributed by atoms with Gasteiger partial charge in [-0.3, -0.25) is 9.69 Å². The number of nitrogens with zero attached hydrogens (tertiary/aromatic N) is 1. The number of aryl methyl sites for hydroxylation is 1. The van der Waals surface area contributed by atoms with Crippen molar-refractivity contribution in [3.63, 3.8) is 0 Å². The van der Waals surface area contributed by atoms with Crippen molar-refractivity contribution in [2.45, 2.75) is 13.3 Å². The lowest BCUT2D eigenvalue weighted by atomic mass is 9.98. The molecule has 0 spiro atoms. The zero-order valence-electron chi connectivity index (χ0n) is 20.3. The first-order valence-corrected chi connectivity index (χ1v) is 12.9. The smallest absolute Gasteiger partial charge is 0.335 e. The van der Waals surface area contributed by atoms with E-state index in [0.29, 0.717) is 22.2 Å². The summed E-state index contributed by atoms with van der Waals surface area (Å²) in [6, 6.07) is 18.9. The Morgan fingerprint density at radius 1 is 1.14 bits per heavy atom. The van der Waals surface area contributed by atoms with Crippen molar-refractivity contribution in [1.82, 2.24) is 9.88 Å². The molecule has 1 aromatic heterocycles. The zero-order chi connectivity index (χ0) is 26.1. The molecule has 0 atom stereocenters. The highest BCUT2D eigenvalue weighted by molar-refractivity contribution is 8.26. The number of thiocarbonyl (C=S) groups is 1. The number of aromatic carboxylic acids is 1. The first kappa shape index (κ1) is 24.8. The van der Waals surface area contributed by atoms with Gasteiger partial charge < -0.3 is 14.8 Å². The number of aromatic amines is 1. The Morgan fingerprint density at radius 2 is 1.92 bits per heavy atom. The van der Waals surface area contributed by atoms with Crippen LogP contribution < -0.4 is 4.74 Å². The summed E-state index contributed by atoms with van der Waals surface area (Å²) in [6.45, 7) is 2.50. The summed E-state index contributed by atoms with van der Waals surface area (Å²) < 4.78 is 6.16. The van der Waals surface area contributed by atoms with Crippen LogP contribution in [0.4, 0.5) is 0 Å². The molecule has 0 radical (unpaired) electrons. The molecule has 0 aliphatic carbocycles. The van der Waals surface area contributed by atoms with E-state index in [9.17, 15) is 9.59 Å². The number of hydrogen-bond donors (Lipinski definition) is 2. The molecule has 8 heteroatoms. The second-order valence-electron chi connectivity index (χ2n) is 8.78. The van der Waals surface area contributed by atoms with Gasteiger partial charge in [0.2, 0.25) is 0 Å². The van der Waals surface area contributed by atoms with Crippen LogP contribution in [-0.2, 0) is 11.2 Å². The second kappa shape index (κ2) is 10.2. The molecule has 1 saturated heterocycles. The molecule has 6 nitrogen and oxygen atoms in total. The van der Waals surface area contributed by atoms with Gasteiger partial charge in [0.1, 0.15) is 10.1 Å². The normalized spacial score (nSPS) is 14.6. The predicted octanol–water partition coefficient (Wildman–Crippen LogP) is 6.29. The molecule has 1 amide bonds. The maximum Gasteiger partial charge on any atom is 0.335 e. The van der Waals surface area contributed by atoms with Crippen LogP contribution in [-0.4, -0.2) is 44.8 Å². The summed E-state index contributed by atoms with van der Waals surface area (Å²) in [6.07, 6.45) is 4.38. The number of carboxylic acids is 1. The van der Waals surface area contributed by atoms with Crippen molar-refractivity contribution in [2.24, 2.45) is 0 Å². The van der Waals surface area contributed by atoms with Crippen LogP contribution in [0.1, 0.15) is 27.0 Å². The molecule has 0 saturated carbocycles. The lowest BCUT2D eigenvalue weighted by Gasteiger charge is -2.14. The van der Waals surface area contributed by atoms with Gasteiger partial charge in [0.15, 0.2) is 0 Å². The predicted molar refractivity (Wildman–Crippen MR) is 152 cm³/mol. The minimum atomic E-state index is -0.963. The number of thioether (sulfide) groups is 1. The summed E-state index contributed by atoms with van der Waals surface area (Å²) in [5.41, 5.74) is 6.30. The molecule has 2 N–H and O–H groups in total. The first-order valence-electron chi connectivity index (χ1n) is 11.7. The zero-order valence-corrected chi connectivity index (χ0v) is 21.9. The SMILES string of the molecule is COc1ccc(/C=C2\SC(=S)N(CCc3ccc(C(=O)O)cc3)C2=O)cc1-c1cc(C)c2[nH]ccc2c1. The third-order valence-electron chi connectivity index (χ3n) is 6.39. The Kier molecular flexibility index (Phi) is 6.86. The van der Waals surface area contributed by atoms with Gasteiger partial charge >= 0.3 is 5.97 Å². The molecule has 5 rings (SSSR count). The highest BCUT2D eigenvalue weighted by Gasteiger charge is 2.31. The van der Waals surface area contributed by atoms with Crippen LogP contribution in [0.5, 0.6) is 5.75 Å². The van der Waals surface area contributed by atoms with E-state index in [1.807, 2.05) is 36.5 Å². The summed E-state index contributed by atoms with van der Waals surface area (Å²) in [7, 11) is 1.65. The van der Waals surface area contributed by atoms with Gasteiger partial charge in [-0.1, -0.05) is 42.2 Å². The number of carbonyl (C=O) groups excluding carboxylic acids is 1. The molecule has 37 heavy (non-hydrogen) atoms. The van der Waals surface area contributed by atoms with E-state index in [-0.39, 0.29) is 11.5 Å². The van der Waals surface area contributed by atoms with Gasteiger partial charge in [-0.05, 0) is 84.1 Å². The van der Waals surface area contributed by atoms with Gasteiger partial charge in [-0.2, -0.15) is 0 Å². The van der Waals surface area contributed by atoms with E-state index in [4.69, 9.17) is 22.1 Å². The van der Waals surface area contributed by atoms with E-state index in [1.165, 1.54) is 11.8 Å². The second-order valence-corrected chi connectivity index (χ2v) is 10.5. The monoisotopic (exact) mass is 528 g/mol. The number of amides is 1. The van der Waals surface area contributed by atoms with Gasteiger partial charge in [-0.25, -0.2) is 4.79 Å². The van der Waals surface area contributed by atoms with Crippen molar-refractivity contribution in [1.29, 1.82) is 0 Å². The Labute approximate surface area is 223 Å². The number of H-pyrrole nitrogens is 1. The lowest BCUT2D eigenvalue weighted by Crippen LogP contribution is -2.30. The molecule has 0 unspecified atom stereocenters. The van der Waals surface area contributed by atoms with Crippen LogP contribution in [0.15, 0.2) is 71.8 Å². The first-order chi connectivity index (χ1) is 17.8. The number of ether oxygens (including phenoxy) is 1. The lowest BCUT2D eigenvalue weighted by molar-refractivity contribution is -0.122. The molecular weight excluding hydrogens is 504 g/mol. The highest BCUT2D eigenvalue weighted by Crippen LogP contribution is 2.37. The van der Waals surface area contributed by atoms with Gasteiger partial charge in [-0.15, -0.1) is 0 Å². The Hall–Kier alpha value is -3.88. The number of nitrogens with one attached hydrogen (secondary N) is 1. The van der Waals surface area contributed by atoms with Crippen LogP contribution in [0.2, 0.25) is 0 Å². The van der Waals surface area contributed by atoms with E-state index >= 15 is 0 Å². The van der Waals surface area contributed by atoms with E-state index in [1.54, 1.807) is 36.3 Å². The van der Waals surface area contributed by atoms with Gasteiger partial charge in [0.05, 0.1) is 17.6 Å². The maximum absolute atomic E-state index is 13.2. The number of aromatic nitrogens is 1. The van der Waals surface area contributed by atoms with Gasteiger partial charge in [0.25, 0.3) is 5.91 Å². The number of carbonyl (C=O) groups is 2. The largest absolute Gasteiger partial charge is 0.496 e. The Bertz CT molecular complexity index is 1570. The van der Waals surface area contributed by atoms with Crippen molar-refractivity contribution in [2.75, 3.05) is 13.7 Å². The summed E-state index contributed by atoms with van der Waals surface area (Å²) in [5, 5.41) is 10.2. The number of carboxylic acid groups (broad SMARTS) is 1. The average Bonchev–Trinajstić information content (AvgIpc) is 3.47. The molecule has 4 aromatic rings. The van der Waals surface area contributed by atoms with Crippen LogP contribution in [0, 0.1) is 6.92 Å². The molecule has 1 fully saturated rings. The van der Waals surface area contributed by atoms with E-state index in [2.05, 4.69) is 24.0 Å². The van der Waals surface area contributed by atoms with Crippen LogP contribution in [0.3, 0.4) is 0 Å². The van der Waals surface area contributed by atoms with Gasteiger partial charge in [0, 0.05) is 29.2 Å². The summed E-state index contributed by atoms with van der Waals surface area (Å²) in [5.74, 6) is -0.331. The molecule has 3 aromatic carbocycles. The van der Waals surface area contributed by atoms with Crippen LogP contribution >= 0.6 is 24.0 Å². The van der Waals surface area contributed by atoms with E-state index in [0.717, 1.165) is 44.5 Å². The molecule has 186 valence electrons.